The minimum atomic E-state index is -1.11. The summed E-state index contributed by atoms with van der Waals surface area (Å²) < 4.78 is 0. The standard InChI is InChI=1S/C19H11Cl2N5O2/c20-10-1-3-15-12(5-10)17(14(7-23-15)18-24-8-22-9-25-18)26-16-4-2-11(21)6-13(16)19(27)28/h1-9H,(H,23,26)(H,27,28). The Labute approximate surface area is 169 Å². The first-order valence-corrected chi connectivity index (χ1v) is 8.79. The van der Waals surface area contributed by atoms with Gasteiger partial charge in [0, 0.05) is 21.6 Å². The van der Waals surface area contributed by atoms with Gasteiger partial charge in [0.25, 0.3) is 0 Å². The highest BCUT2D eigenvalue weighted by Crippen LogP contribution is 2.36. The van der Waals surface area contributed by atoms with Gasteiger partial charge in [0.1, 0.15) is 12.7 Å². The second kappa shape index (κ2) is 7.38. The molecule has 0 aliphatic rings. The Hall–Kier alpha value is -3.29. The number of rotatable bonds is 4. The molecule has 0 spiro atoms. The topological polar surface area (TPSA) is 101 Å². The lowest BCUT2D eigenvalue weighted by atomic mass is 10.1. The third kappa shape index (κ3) is 3.45. The zero-order valence-corrected chi connectivity index (χ0v) is 15.6. The van der Waals surface area contributed by atoms with E-state index >= 15 is 0 Å². The van der Waals surface area contributed by atoms with Gasteiger partial charge in [-0.05, 0) is 36.4 Å². The smallest absolute Gasteiger partial charge is 0.337 e. The summed E-state index contributed by atoms with van der Waals surface area (Å²) >= 11 is 12.1. The number of benzene rings is 2. The van der Waals surface area contributed by atoms with Gasteiger partial charge >= 0.3 is 5.97 Å². The number of halogens is 2. The number of fused-ring (bicyclic) bond motifs is 1. The quantitative estimate of drug-likeness (QED) is 0.495. The Morgan fingerprint density at radius 2 is 1.68 bits per heavy atom. The van der Waals surface area contributed by atoms with Crippen molar-refractivity contribution < 1.29 is 9.90 Å². The molecule has 0 bridgehead atoms. The van der Waals surface area contributed by atoms with Gasteiger partial charge in [-0.1, -0.05) is 23.2 Å². The van der Waals surface area contributed by atoms with Crippen LogP contribution in [0, 0.1) is 0 Å². The number of nitrogens with zero attached hydrogens (tertiary/aromatic N) is 4. The lowest BCUT2D eigenvalue weighted by Crippen LogP contribution is -2.05. The predicted octanol–water partition coefficient (Wildman–Crippen LogP) is 4.84. The van der Waals surface area contributed by atoms with Crippen LogP contribution in [0.3, 0.4) is 0 Å². The van der Waals surface area contributed by atoms with Gasteiger partial charge in [0.2, 0.25) is 0 Å². The maximum absolute atomic E-state index is 11.7. The number of aromatic carboxylic acids is 1. The molecule has 0 atom stereocenters. The summed E-state index contributed by atoms with van der Waals surface area (Å²) in [7, 11) is 0. The molecule has 9 heteroatoms. The van der Waals surface area contributed by atoms with Gasteiger partial charge in [-0.2, -0.15) is 0 Å². The Kier molecular flexibility index (Phi) is 4.77. The van der Waals surface area contributed by atoms with Crippen molar-refractivity contribution in [2.24, 2.45) is 0 Å². The van der Waals surface area contributed by atoms with E-state index in [0.717, 1.165) is 0 Å². The summed E-state index contributed by atoms with van der Waals surface area (Å²) in [5, 5.41) is 14.3. The molecule has 0 amide bonds. The van der Waals surface area contributed by atoms with Crippen LogP contribution in [0.2, 0.25) is 10.0 Å². The third-order valence-electron chi connectivity index (χ3n) is 4.04. The highest BCUT2D eigenvalue weighted by Gasteiger charge is 2.17. The summed E-state index contributed by atoms with van der Waals surface area (Å²) in [6.45, 7) is 0. The van der Waals surface area contributed by atoms with E-state index in [0.29, 0.717) is 43.7 Å². The van der Waals surface area contributed by atoms with Crippen LogP contribution in [0.5, 0.6) is 0 Å². The molecule has 2 N–H and O–H groups in total. The number of carbonyl (C=O) groups is 1. The largest absolute Gasteiger partial charge is 0.478 e. The molecule has 2 aromatic carbocycles. The molecular weight excluding hydrogens is 401 g/mol. The monoisotopic (exact) mass is 411 g/mol. The van der Waals surface area contributed by atoms with Crippen molar-refractivity contribution >= 4 is 51.4 Å². The van der Waals surface area contributed by atoms with E-state index in [1.54, 1.807) is 36.5 Å². The van der Waals surface area contributed by atoms with Crippen LogP contribution >= 0.6 is 23.2 Å². The van der Waals surface area contributed by atoms with Crippen molar-refractivity contribution in [1.82, 2.24) is 19.9 Å². The van der Waals surface area contributed by atoms with E-state index in [1.165, 1.54) is 18.7 Å². The highest BCUT2D eigenvalue weighted by atomic mass is 35.5. The molecule has 0 saturated carbocycles. The van der Waals surface area contributed by atoms with Gasteiger partial charge in [-0.3, -0.25) is 4.98 Å². The van der Waals surface area contributed by atoms with Crippen LogP contribution in [0.25, 0.3) is 22.3 Å². The molecule has 2 heterocycles. The van der Waals surface area contributed by atoms with Gasteiger partial charge in [-0.25, -0.2) is 19.7 Å². The molecule has 28 heavy (non-hydrogen) atoms. The van der Waals surface area contributed by atoms with Gasteiger partial charge in [0.15, 0.2) is 5.82 Å². The maximum Gasteiger partial charge on any atom is 0.337 e. The molecule has 0 unspecified atom stereocenters. The minimum absolute atomic E-state index is 0.0288. The van der Waals surface area contributed by atoms with E-state index in [4.69, 9.17) is 23.2 Å². The predicted molar refractivity (Wildman–Crippen MR) is 107 cm³/mol. The Bertz CT molecular complexity index is 1200. The lowest BCUT2D eigenvalue weighted by Gasteiger charge is -2.16. The first-order valence-electron chi connectivity index (χ1n) is 8.03. The molecule has 0 aliphatic heterocycles. The van der Waals surface area contributed by atoms with Crippen LogP contribution < -0.4 is 5.32 Å². The van der Waals surface area contributed by atoms with Crippen molar-refractivity contribution in [3.05, 3.63) is 70.9 Å². The number of aromatic nitrogens is 4. The van der Waals surface area contributed by atoms with Crippen molar-refractivity contribution in [3.63, 3.8) is 0 Å². The summed E-state index contributed by atoms with van der Waals surface area (Å²) in [6.07, 6.45) is 4.36. The molecule has 4 rings (SSSR count). The fraction of sp³-hybridized carbons (Fsp3) is 0. The molecule has 138 valence electrons. The average molecular weight is 412 g/mol. The van der Waals surface area contributed by atoms with Gasteiger partial charge < -0.3 is 10.4 Å². The number of carboxylic acid groups (broad SMARTS) is 1. The van der Waals surface area contributed by atoms with Crippen LogP contribution in [0.4, 0.5) is 11.4 Å². The van der Waals surface area contributed by atoms with E-state index in [9.17, 15) is 9.90 Å². The Morgan fingerprint density at radius 1 is 0.964 bits per heavy atom. The van der Waals surface area contributed by atoms with E-state index in [1.807, 2.05) is 0 Å². The lowest BCUT2D eigenvalue weighted by molar-refractivity contribution is 0.0698. The number of hydrogen-bond acceptors (Lipinski definition) is 6. The molecule has 2 aromatic heterocycles. The number of hydrogen-bond donors (Lipinski definition) is 2. The van der Waals surface area contributed by atoms with Crippen LogP contribution in [0.15, 0.2) is 55.2 Å². The first kappa shape index (κ1) is 18.1. The molecule has 0 saturated heterocycles. The summed E-state index contributed by atoms with van der Waals surface area (Å²) in [5.74, 6) is -0.721. The van der Waals surface area contributed by atoms with Crippen molar-refractivity contribution in [2.75, 3.05) is 5.32 Å². The van der Waals surface area contributed by atoms with Crippen molar-refractivity contribution in [2.45, 2.75) is 0 Å². The molecule has 0 fully saturated rings. The first-order chi connectivity index (χ1) is 13.5. The molecular formula is C19H11Cl2N5O2. The zero-order chi connectivity index (χ0) is 19.7. The average Bonchev–Trinajstić information content (AvgIpc) is 2.70. The van der Waals surface area contributed by atoms with Crippen LogP contribution in [-0.2, 0) is 0 Å². The zero-order valence-electron chi connectivity index (χ0n) is 14.1. The second-order valence-electron chi connectivity index (χ2n) is 5.79. The number of anilines is 2. The molecule has 7 nitrogen and oxygen atoms in total. The van der Waals surface area contributed by atoms with E-state index in [-0.39, 0.29) is 5.56 Å². The maximum atomic E-state index is 11.7. The number of pyridine rings is 1. The molecule has 0 radical (unpaired) electrons. The second-order valence-corrected chi connectivity index (χ2v) is 6.66. The normalized spacial score (nSPS) is 10.8. The number of nitrogens with one attached hydrogen (secondary N) is 1. The SMILES string of the molecule is O=C(O)c1cc(Cl)ccc1Nc1c(-c2ncncn2)cnc2ccc(Cl)cc12. The summed E-state index contributed by atoms with van der Waals surface area (Å²) in [4.78, 5) is 28.3. The van der Waals surface area contributed by atoms with Crippen molar-refractivity contribution in [1.29, 1.82) is 0 Å². The Balaban J connectivity index is 1.97. The minimum Gasteiger partial charge on any atom is -0.478 e. The fourth-order valence-electron chi connectivity index (χ4n) is 2.78. The van der Waals surface area contributed by atoms with E-state index < -0.39 is 5.97 Å². The van der Waals surface area contributed by atoms with E-state index in [2.05, 4.69) is 25.3 Å². The summed E-state index contributed by atoms with van der Waals surface area (Å²) in [6, 6.07) is 9.84. The fourth-order valence-corrected chi connectivity index (χ4v) is 3.13. The Morgan fingerprint density at radius 3 is 2.43 bits per heavy atom. The van der Waals surface area contributed by atoms with Gasteiger partial charge in [0.05, 0.1) is 28.0 Å². The van der Waals surface area contributed by atoms with Gasteiger partial charge in [-0.15, -0.1) is 0 Å². The van der Waals surface area contributed by atoms with Crippen LogP contribution in [0.1, 0.15) is 10.4 Å². The van der Waals surface area contributed by atoms with Crippen molar-refractivity contribution in [3.8, 4) is 11.4 Å². The summed E-state index contributed by atoms with van der Waals surface area (Å²) in [5.41, 5.74) is 2.21. The van der Waals surface area contributed by atoms with Crippen LogP contribution in [-0.4, -0.2) is 31.0 Å². The molecule has 0 aliphatic carbocycles. The molecule has 4 aromatic rings. The highest BCUT2D eigenvalue weighted by molar-refractivity contribution is 6.32. The number of carboxylic acids is 1. The third-order valence-corrected chi connectivity index (χ3v) is 4.51.